The monoisotopic (exact) mass is 393 g/mol. The van der Waals surface area contributed by atoms with Crippen molar-refractivity contribution in [1.29, 1.82) is 0 Å². The predicted octanol–water partition coefficient (Wildman–Crippen LogP) is 7.39. The average Bonchev–Trinajstić information content (AvgIpc) is 3.51. The molecule has 0 aliphatic heterocycles. The molecule has 0 atom stereocenters. The third-order valence-corrected chi connectivity index (χ3v) is 7.41. The van der Waals surface area contributed by atoms with Crippen molar-refractivity contribution in [1.82, 2.24) is 4.40 Å². The Kier molecular flexibility index (Phi) is 2.80. The summed E-state index contributed by atoms with van der Waals surface area (Å²) in [6.45, 7) is 0. The van der Waals surface area contributed by atoms with Crippen molar-refractivity contribution in [3.63, 3.8) is 0 Å². The van der Waals surface area contributed by atoms with E-state index < -0.39 is 0 Å². The number of fused-ring (bicyclic) bond motifs is 12. The van der Waals surface area contributed by atoms with E-state index in [-0.39, 0.29) is 0 Å². The van der Waals surface area contributed by atoms with Gasteiger partial charge in [0.15, 0.2) is 0 Å². The molecule has 0 unspecified atom stereocenters. The number of pyridine rings is 1. The van der Waals surface area contributed by atoms with Crippen molar-refractivity contribution in [2.75, 3.05) is 0 Å². The van der Waals surface area contributed by atoms with Gasteiger partial charge in [-0.1, -0.05) is 48.5 Å². The zero-order chi connectivity index (χ0) is 20.1. The van der Waals surface area contributed by atoms with Crippen LogP contribution in [0.5, 0.6) is 0 Å². The SMILES string of the molecule is c1ccc2c(c1)Cc1cc3c(cc1-2)-c1cc2c(cc1C3)c1ccccc1n1cccc21. The number of rotatable bonds is 0. The van der Waals surface area contributed by atoms with Crippen LogP contribution in [0.2, 0.25) is 0 Å². The van der Waals surface area contributed by atoms with E-state index in [1.807, 2.05) is 0 Å². The van der Waals surface area contributed by atoms with Gasteiger partial charge in [-0.3, -0.25) is 0 Å². The number of hydrogen-bond acceptors (Lipinski definition) is 0. The second-order valence-corrected chi connectivity index (χ2v) is 9.01. The van der Waals surface area contributed by atoms with Gasteiger partial charge in [-0.05, 0) is 99.1 Å². The molecule has 6 aromatic rings. The van der Waals surface area contributed by atoms with Crippen LogP contribution in [0.3, 0.4) is 0 Å². The molecule has 0 amide bonds. The summed E-state index contributed by atoms with van der Waals surface area (Å²) in [5.41, 5.74) is 14.1. The van der Waals surface area contributed by atoms with Crippen LogP contribution in [0.25, 0.3) is 49.4 Å². The Bertz CT molecular complexity index is 1730. The smallest absolute Gasteiger partial charge is 0.0535 e. The molecule has 0 N–H and O–H groups in total. The molecule has 8 rings (SSSR count). The van der Waals surface area contributed by atoms with Crippen LogP contribution < -0.4 is 0 Å². The average molecular weight is 393 g/mol. The van der Waals surface area contributed by atoms with E-state index in [0.717, 1.165) is 12.8 Å². The van der Waals surface area contributed by atoms with Crippen LogP contribution in [0.15, 0.2) is 91.1 Å². The molecule has 1 heteroatoms. The minimum Gasteiger partial charge on any atom is -0.316 e. The van der Waals surface area contributed by atoms with E-state index in [0.29, 0.717) is 0 Å². The fraction of sp³-hybridized carbons (Fsp3) is 0.0667. The van der Waals surface area contributed by atoms with Crippen LogP contribution >= 0.6 is 0 Å². The lowest BCUT2D eigenvalue weighted by Crippen LogP contribution is -1.91. The molecular weight excluding hydrogens is 374 g/mol. The molecular formula is C30H19N. The molecule has 2 aromatic heterocycles. The van der Waals surface area contributed by atoms with Crippen LogP contribution in [0, 0.1) is 0 Å². The molecule has 2 aliphatic rings. The molecule has 0 saturated carbocycles. The Hall–Kier alpha value is -3.84. The third kappa shape index (κ3) is 1.96. The van der Waals surface area contributed by atoms with Gasteiger partial charge in [0, 0.05) is 17.0 Å². The standard InChI is InChI=1S/C30H19N/c1-2-7-22-18(6-1)12-19-13-20-14-21-15-27-23-8-3-4-9-29(23)31-11-5-10-30(31)28(27)17-26(21)25(20)16-24(19)22/h1-11,13,15-17H,12,14H2. The molecule has 0 spiro atoms. The van der Waals surface area contributed by atoms with Crippen molar-refractivity contribution in [3.8, 4) is 22.3 Å². The van der Waals surface area contributed by atoms with Crippen LogP contribution in [0.1, 0.15) is 22.3 Å². The molecule has 2 aliphatic carbocycles. The Balaban J connectivity index is 1.45. The van der Waals surface area contributed by atoms with Crippen molar-refractivity contribution in [2.24, 2.45) is 0 Å². The summed E-state index contributed by atoms with van der Waals surface area (Å²) in [7, 11) is 0. The molecule has 0 bridgehead atoms. The van der Waals surface area contributed by atoms with Crippen molar-refractivity contribution < 1.29 is 0 Å². The Morgan fingerprint density at radius 3 is 2.10 bits per heavy atom. The first-order valence-electron chi connectivity index (χ1n) is 11.0. The zero-order valence-electron chi connectivity index (χ0n) is 17.0. The first kappa shape index (κ1) is 15.9. The van der Waals surface area contributed by atoms with E-state index >= 15 is 0 Å². The summed E-state index contributed by atoms with van der Waals surface area (Å²) in [6, 6.07) is 31.9. The summed E-state index contributed by atoms with van der Waals surface area (Å²) >= 11 is 0. The van der Waals surface area contributed by atoms with Gasteiger partial charge in [-0.15, -0.1) is 0 Å². The van der Waals surface area contributed by atoms with Crippen LogP contribution in [-0.4, -0.2) is 4.40 Å². The van der Waals surface area contributed by atoms with Crippen LogP contribution in [0.4, 0.5) is 0 Å². The van der Waals surface area contributed by atoms with Crippen molar-refractivity contribution in [2.45, 2.75) is 12.8 Å². The van der Waals surface area contributed by atoms with Gasteiger partial charge in [-0.25, -0.2) is 0 Å². The number of para-hydroxylation sites is 1. The first-order chi connectivity index (χ1) is 15.3. The van der Waals surface area contributed by atoms with Gasteiger partial charge in [0.05, 0.1) is 11.0 Å². The lowest BCUT2D eigenvalue weighted by atomic mass is 9.96. The maximum atomic E-state index is 2.47. The highest BCUT2D eigenvalue weighted by molar-refractivity contribution is 6.14. The van der Waals surface area contributed by atoms with Gasteiger partial charge in [-0.2, -0.15) is 0 Å². The van der Waals surface area contributed by atoms with Crippen LogP contribution in [-0.2, 0) is 12.8 Å². The number of hydrogen-bond donors (Lipinski definition) is 0. The summed E-state index contributed by atoms with van der Waals surface area (Å²) in [4.78, 5) is 0. The number of benzene rings is 4. The Morgan fingerprint density at radius 1 is 0.452 bits per heavy atom. The minimum absolute atomic E-state index is 1.03. The summed E-state index contributed by atoms with van der Waals surface area (Å²) < 4.78 is 2.33. The predicted molar refractivity (Wildman–Crippen MR) is 129 cm³/mol. The first-order valence-corrected chi connectivity index (χ1v) is 11.0. The number of aromatic nitrogens is 1. The Labute approximate surface area is 180 Å². The quantitative estimate of drug-likeness (QED) is 0.237. The normalized spacial score (nSPS) is 13.5. The highest BCUT2D eigenvalue weighted by atomic mass is 14.9. The van der Waals surface area contributed by atoms with Gasteiger partial charge >= 0.3 is 0 Å². The van der Waals surface area contributed by atoms with E-state index in [1.54, 1.807) is 0 Å². The lowest BCUT2D eigenvalue weighted by Gasteiger charge is -2.12. The highest BCUT2D eigenvalue weighted by Crippen LogP contribution is 2.46. The maximum Gasteiger partial charge on any atom is 0.0535 e. The van der Waals surface area contributed by atoms with E-state index in [2.05, 4.69) is 95.5 Å². The van der Waals surface area contributed by atoms with Gasteiger partial charge in [0.25, 0.3) is 0 Å². The van der Waals surface area contributed by atoms with E-state index in [1.165, 1.54) is 71.7 Å². The topological polar surface area (TPSA) is 4.41 Å². The van der Waals surface area contributed by atoms with E-state index in [4.69, 9.17) is 0 Å². The Morgan fingerprint density at radius 2 is 1.13 bits per heavy atom. The number of nitrogens with zero attached hydrogens (tertiary/aromatic N) is 1. The zero-order valence-corrected chi connectivity index (χ0v) is 17.0. The molecule has 2 heterocycles. The molecule has 0 saturated heterocycles. The van der Waals surface area contributed by atoms with Gasteiger partial charge in [0.1, 0.15) is 0 Å². The highest BCUT2D eigenvalue weighted by Gasteiger charge is 2.26. The van der Waals surface area contributed by atoms with Gasteiger partial charge in [0.2, 0.25) is 0 Å². The summed E-state index contributed by atoms with van der Waals surface area (Å²) in [5, 5.41) is 4.04. The second kappa shape index (κ2) is 5.44. The fourth-order valence-electron chi connectivity index (χ4n) is 6.04. The largest absolute Gasteiger partial charge is 0.316 e. The van der Waals surface area contributed by atoms with Crippen molar-refractivity contribution >= 4 is 27.2 Å². The molecule has 144 valence electrons. The molecule has 1 nitrogen and oxygen atoms in total. The van der Waals surface area contributed by atoms with Crippen molar-refractivity contribution in [3.05, 3.63) is 113 Å². The van der Waals surface area contributed by atoms with Gasteiger partial charge < -0.3 is 4.40 Å². The van der Waals surface area contributed by atoms with E-state index in [9.17, 15) is 0 Å². The lowest BCUT2D eigenvalue weighted by molar-refractivity contribution is 1.21. The fourth-order valence-corrected chi connectivity index (χ4v) is 6.04. The summed E-state index contributed by atoms with van der Waals surface area (Å²) in [6.07, 6.45) is 4.28. The molecule has 31 heavy (non-hydrogen) atoms. The molecule has 0 fully saturated rings. The second-order valence-electron chi connectivity index (χ2n) is 9.01. The third-order valence-electron chi connectivity index (χ3n) is 7.41. The summed E-state index contributed by atoms with van der Waals surface area (Å²) in [5.74, 6) is 0. The maximum absolute atomic E-state index is 2.47. The minimum atomic E-state index is 1.03. The molecule has 0 radical (unpaired) electrons. The molecule has 4 aromatic carbocycles.